The number of fused-ring (bicyclic) bond motifs is 1. The second-order valence-corrected chi connectivity index (χ2v) is 8.17. The highest BCUT2D eigenvalue weighted by Crippen LogP contribution is 2.34. The van der Waals surface area contributed by atoms with E-state index < -0.39 is 0 Å². The summed E-state index contributed by atoms with van der Waals surface area (Å²) in [5.41, 5.74) is 6.38. The lowest BCUT2D eigenvalue weighted by Crippen LogP contribution is -2.50. The number of hydrogen-bond acceptors (Lipinski definition) is 4. The van der Waals surface area contributed by atoms with Crippen molar-refractivity contribution in [3.63, 3.8) is 0 Å². The van der Waals surface area contributed by atoms with Crippen molar-refractivity contribution in [2.24, 2.45) is 0 Å². The minimum Gasteiger partial charge on any atom is -0.323 e. The first kappa shape index (κ1) is 18.7. The second kappa shape index (κ2) is 8.16. The zero-order valence-electron chi connectivity index (χ0n) is 15.0. The van der Waals surface area contributed by atoms with Crippen LogP contribution < -0.4 is 10.9 Å². The molecule has 3 aromatic rings. The molecule has 6 nitrogen and oxygen atoms in total. The topological polar surface area (TPSA) is 74.3 Å². The number of aromatic nitrogens is 1. The Balaban J connectivity index is 1.30. The Kier molecular flexibility index (Phi) is 5.45. The van der Waals surface area contributed by atoms with Crippen LogP contribution in [0.15, 0.2) is 48.5 Å². The van der Waals surface area contributed by atoms with E-state index in [0.29, 0.717) is 29.6 Å². The summed E-state index contributed by atoms with van der Waals surface area (Å²) in [4.78, 5) is 30.8. The zero-order valence-corrected chi connectivity index (χ0v) is 16.6. The van der Waals surface area contributed by atoms with Crippen LogP contribution in [0.2, 0.25) is 5.02 Å². The Hall–Kier alpha value is -2.64. The number of carbonyl (C=O) groups is 2. The van der Waals surface area contributed by atoms with Gasteiger partial charge in [0.05, 0.1) is 15.2 Å². The number of hydrogen-bond donors (Lipinski definition) is 2. The number of hydrazine groups is 1. The molecule has 3 amide bonds. The third-order valence-electron chi connectivity index (χ3n) is 4.82. The maximum Gasteiger partial charge on any atom is 0.336 e. The molecular weight excluding hydrogens is 396 g/mol. The molecule has 0 atom stereocenters. The zero-order chi connectivity index (χ0) is 19.5. The van der Waals surface area contributed by atoms with Crippen LogP contribution in [-0.4, -0.2) is 34.9 Å². The molecule has 0 spiro atoms. The van der Waals surface area contributed by atoms with Crippen molar-refractivity contribution in [2.45, 2.75) is 18.8 Å². The summed E-state index contributed by atoms with van der Waals surface area (Å²) in [5.74, 6) is -0.00360. The lowest BCUT2D eigenvalue weighted by Gasteiger charge is -2.31. The number of carbonyl (C=O) groups excluding carboxylic acids is 2. The molecule has 0 saturated carbocycles. The molecule has 2 N–H and O–H groups in total. The molecule has 0 bridgehead atoms. The molecule has 2 heterocycles. The molecule has 1 fully saturated rings. The fourth-order valence-corrected chi connectivity index (χ4v) is 4.56. The van der Waals surface area contributed by atoms with Gasteiger partial charge in [0.2, 0.25) is 0 Å². The van der Waals surface area contributed by atoms with Gasteiger partial charge in [0.1, 0.15) is 0 Å². The first-order valence-corrected chi connectivity index (χ1v) is 10.3. The summed E-state index contributed by atoms with van der Waals surface area (Å²) in [7, 11) is 0. The number of likely N-dealkylation sites (tertiary alicyclic amines) is 1. The fraction of sp³-hybridized carbons (Fsp3) is 0.250. The van der Waals surface area contributed by atoms with Crippen LogP contribution >= 0.6 is 22.9 Å². The van der Waals surface area contributed by atoms with E-state index in [4.69, 9.17) is 16.6 Å². The molecule has 0 aliphatic carbocycles. The van der Waals surface area contributed by atoms with Crippen molar-refractivity contribution >= 4 is 45.1 Å². The average molecular weight is 415 g/mol. The fourth-order valence-electron chi connectivity index (χ4n) is 3.27. The van der Waals surface area contributed by atoms with Crippen molar-refractivity contribution in [3.05, 3.63) is 64.1 Å². The number of rotatable bonds is 2. The second-order valence-electron chi connectivity index (χ2n) is 6.68. The number of halogens is 1. The van der Waals surface area contributed by atoms with Crippen LogP contribution in [0.3, 0.4) is 0 Å². The first-order valence-electron chi connectivity index (χ1n) is 9.06. The van der Waals surface area contributed by atoms with Gasteiger partial charge < -0.3 is 4.90 Å². The standard InChI is InChI=1S/C20H19ClN4O2S/c21-15-6-7-17-16(12-15)22-19(28-17)14-8-10-25(11-9-14)20(27)24-23-18(26)13-4-2-1-3-5-13/h1-7,12,14H,8-11H2,(H,23,26)(H,24,27). The summed E-state index contributed by atoms with van der Waals surface area (Å²) in [6.45, 7) is 1.24. The largest absolute Gasteiger partial charge is 0.336 e. The summed E-state index contributed by atoms with van der Waals surface area (Å²) in [5, 5.41) is 1.78. The third-order valence-corrected chi connectivity index (χ3v) is 6.25. The highest BCUT2D eigenvalue weighted by atomic mass is 35.5. The number of piperidine rings is 1. The number of benzene rings is 2. The number of nitrogens with one attached hydrogen (secondary N) is 2. The van der Waals surface area contributed by atoms with Crippen molar-refractivity contribution < 1.29 is 9.59 Å². The predicted molar refractivity (Wildman–Crippen MR) is 111 cm³/mol. The molecule has 1 aliphatic rings. The van der Waals surface area contributed by atoms with Gasteiger partial charge in [-0.25, -0.2) is 15.2 Å². The first-order chi connectivity index (χ1) is 13.6. The number of urea groups is 1. The maximum absolute atomic E-state index is 12.3. The van der Waals surface area contributed by atoms with Gasteiger partial charge >= 0.3 is 6.03 Å². The van der Waals surface area contributed by atoms with Crippen LogP contribution in [0.25, 0.3) is 10.2 Å². The molecule has 1 aromatic heterocycles. The monoisotopic (exact) mass is 414 g/mol. The normalized spacial score (nSPS) is 14.8. The molecule has 2 aromatic carbocycles. The van der Waals surface area contributed by atoms with Gasteiger partial charge in [-0.1, -0.05) is 29.8 Å². The van der Waals surface area contributed by atoms with Gasteiger partial charge in [0.25, 0.3) is 5.91 Å². The molecular formula is C20H19ClN4O2S. The van der Waals surface area contributed by atoms with Crippen molar-refractivity contribution in [3.8, 4) is 0 Å². The highest BCUT2D eigenvalue weighted by Gasteiger charge is 2.26. The van der Waals surface area contributed by atoms with Gasteiger partial charge in [-0.05, 0) is 43.2 Å². The minimum absolute atomic E-state index is 0.293. The maximum atomic E-state index is 12.3. The molecule has 8 heteroatoms. The smallest absolute Gasteiger partial charge is 0.323 e. The number of thiazole rings is 1. The Labute approximate surface area is 171 Å². The average Bonchev–Trinajstić information content (AvgIpc) is 3.15. The molecule has 0 unspecified atom stereocenters. The third kappa shape index (κ3) is 4.10. The van der Waals surface area contributed by atoms with Crippen LogP contribution in [-0.2, 0) is 0 Å². The van der Waals surface area contributed by atoms with E-state index in [9.17, 15) is 9.59 Å². The summed E-state index contributed by atoms with van der Waals surface area (Å²) in [6.07, 6.45) is 1.68. The van der Waals surface area contributed by atoms with Gasteiger partial charge in [0, 0.05) is 29.6 Å². The number of nitrogens with zero attached hydrogens (tertiary/aromatic N) is 2. The highest BCUT2D eigenvalue weighted by molar-refractivity contribution is 7.18. The quantitative estimate of drug-likeness (QED) is 0.617. The van der Waals surface area contributed by atoms with Gasteiger partial charge in [-0.3, -0.25) is 10.2 Å². The van der Waals surface area contributed by atoms with Crippen LogP contribution in [0, 0.1) is 0 Å². The number of amides is 3. The van der Waals surface area contributed by atoms with Crippen molar-refractivity contribution in [2.75, 3.05) is 13.1 Å². The van der Waals surface area contributed by atoms with Crippen molar-refractivity contribution in [1.29, 1.82) is 0 Å². The van der Waals surface area contributed by atoms with E-state index in [1.165, 1.54) is 0 Å². The summed E-state index contributed by atoms with van der Waals surface area (Å²) >= 11 is 7.73. The predicted octanol–water partition coefficient (Wildman–Crippen LogP) is 4.18. The van der Waals surface area contributed by atoms with E-state index in [1.54, 1.807) is 40.5 Å². The lowest BCUT2D eigenvalue weighted by atomic mass is 9.98. The van der Waals surface area contributed by atoms with Gasteiger partial charge in [-0.15, -0.1) is 11.3 Å². The lowest BCUT2D eigenvalue weighted by molar-refractivity contribution is 0.0927. The SMILES string of the molecule is O=C(NNC(=O)N1CCC(c2nc3cc(Cl)ccc3s2)CC1)c1ccccc1. The molecule has 144 valence electrons. The molecule has 0 radical (unpaired) electrons. The van der Waals surface area contributed by atoms with E-state index in [2.05, 4.69) is 10.9 Å². The van der Waals surface area contributed by atoms with Crippen LogP contribution in [0.4, 0.5) is 4.79 Å². The van der Waals surface area contributed by atoms with E-state index in [-0.39, 0.29) is 11.9 Å². The van der Waals surface area contributed by atoms with Gasteiger partial charge in [0.15, 0.2) is 0 Å². The van der Waals surface area contributed by atoms with E-state index in [1.807, 2.05) is 24.3 Å². The summed E-state index contributed by atoms with van der Waals surface area (Å²) < 4.78 is 1.13. The Bertz CT molecular complexity index is 1000. The van der Waals surface area contributed by atoms with Crippen LogP contribution in [0.5, 0.6) is 0 Å². The summed E-state index contributed by atoms with van der Waals surface area (Å²) in [6, 6.07) is 14.2. The van der Waals surface area contributed by atoms with E-state index >= 15 is 0 Å². The Morgan fingerprint density at radius 2 is 1.82 bits per heavy atom. The van der Waals surface area contributed by atoms with E-state index in [0.717, 1.165) is 28.1 Å². The van der Waals surface area contributed by atoms with Crippen LogP contribution in [0.1, 0.15) is 34.1 Å². The molecule has 28 heavy (non-hydrogen) atoms. The Morgan fingerprint density at radius 1 is 1.07 bits per heavy atom. The molecule has 1 aliphatic heterocycles. The minimum atomic E-state index is -0.336. The van der Waals surface area contributed by atoms with Gasteiger partial charge in [-0.2, -0.15) is 0 Å². The Morgan fingerprint density at radius 3 is 2.57 bits per heavy atom. The molecule has 4 rings (SSSR count). The van der Waals surface area contributed by atoms with Crippen molar-refractivity contribution in [1.82, 2.24) is 20.7 Å². The molecule has 1 saturated heterocycles.